The van der Waals surface area contributed by atoms with Gasteiger partial charge in [0.05, 0.1) is 17.6 Å². The fraction of sp³-hybridized carbons (Fsp3) is 0.533. The number of nitrogens with zero attached hydrogens (tertiary/aromatic N) is 1. The normalized spacial score (nSPS) is 23.8. The van der Waals surface area contributed by atoms with Gasteiger partial charge in [-0.1, -0.05) is 25.0 Å². The van der Waals surface area contributed by atoms with Crippen LogP contribution in [0.4, 0.5) is 0 Å². The molecular weight excluding hydrogens is 236 g/mol. The van der Waals surface area contributed by atoms with Crippen molar-refractivity contribution in [3.8, 4) is 0 Å². The minimum Gasteiger partial charge on any atom is -0.341 e. The predicted octanol–water partition coefficient (Wildman–Crippen LogP) is 2.17. The molecule has 0 saturated heterocycles. The Bertz CT molecular complexity index is 501. The highest BCUT2D eigenvalue weighted by molar-refractivity contribution is 5.74. The summed E-state index contributed by atoms with van der Waals surface area (Å²) in [5, 5.41) is 3.63. The molecule has 4 nitrogen and oxygen atoms in total. The third-order valence-electron chi connectivity index (χ3n) is 4.18. The van der Waals surface area contributed by atoms with Crippen molar-refractivity contribution in [2.75, 3.05) is 6.54 Å². The van der Waals surface area contributed by atoms with E-state index in [1.165, 1.54) is 25.7 Å². The van der Waals surface area contributed by atoms with Crippen LogP contribution in [0.2, 0.25) is 0 Å². The first kappa shape index (κ1) is 12.6. The summed E-state index contributed by atoms with van der Waals surface area (Å²) in [7, 11) is 0. The van der Waals surface area contributed by atoms with E-state index in [-0.39, 0.29) is 0 Å². The number of benzene rings is 1. The van der Waals surface area contributed by atoms with Crippen LogP contribution >= 0.6 is 0 Å². The van der Waals surface area contributed by atoms with Gasteiger partial charge in [-0.05, 0) is 37.4 Å². The topological polar surface area (TPSA) is 66.7 Å². The number of hydrogen-bond acceptors (Lipinski definition) is 3. The zero-order valence-electron chi connectivity index (χ0n) is 11.2. The van der Waals surface area contributed by atoms with Gasteiger partial charge < -0.3 is 16.0 Å². The summed E-state index contributed by atoms with van der Waals surface area (Å²) < 4.78 is 0. The van der Waals surface area contributed by atoms with Crippen LogP contribution in [0, 0.1) is 5.92 Å². The van der Waals surface area contributed by atoms with Crippen molar-refractivity contribution in [2.24, 2.45) is 11.7 Å². The number of hydrogen-bond donors (Lipinski definition) is 3. The zero-order valence-corrected chi connectivity index (χ0v) is 11.2. The summed E-state index contributed by atoms with van der Waals surface area (Å²) in [4.78, 5) is 7.96. The second kappa shape index (κ2) is 5.72. The maximum absolute atomic E-state index is 5.86. The summed E-state index contributed by atoms with van der Waals surface area (Å²) in [6.45, 7) is 1.59. The lowest BCUT2D eigenvalue weighted by molar-refractivity contribution is 0.265. The minimum atomic E-state index is 0.548. The van der Waals surface area contributed by atoms with Gasteiger partial charge >= 0.3 is 0 Å². The first-order valence-electron chi connectivity index (χ1n) is 7.24. The highest BCUT2D eigenvalue weighted by Gasteiger charge is 2.23. The lowest BCUT2D eigenvalue weighted by Gasteiger charge is -2.31. The number of imidazole rings is 1. The van der Waals surface area contributed by atoms with Crippen LogP contribution in [0.1, 0.15) is 31.5 Å². The van der Waals surface area contributed by atoms with E-state index in [1.807, 2.05) is 18.2 Å². The molecule has 0 aliphatic heterocycles. The second-order valence-corrected chi connectivity index (χ2v) is 5.47. The Morgan fingerprint density at radius 2 is 2.11 bits per heavy atom. The number of fused-ring (bicyclic) bond motifs is 1. The van der Waals surface area contributed by atoms with Crippen molar-refractivity contribution < 1.29 is 0 Å². The number of H-pyrrole nitrogens is 1. The maximum Gasteiger partial charge on any atom is 0.121 e. The molecule has 1 aromatic heterocycles. The molecule has 1 aromatic carbocycles. The molecule has 4 heteroatoms. The average molecular weight is 258 g/mol. The van der Waals surface area contributed by atoms with Gasteiger partial charge in [-0.3, -0.25) is 0 Å². The van der Waals surface area contributed by atoms with Crippen molar-refractivity contribution >= 4 is 11.0 Å². The number of aromatic amines is 1. The van der Waals surface area contributed by atoms with Gasteiger partial charge in [-0.25, -0.2) is 4.98 Å². The average Bonchev–Trinajstić information content (AvgIpc) is 2.88. The Balaban J connectivity index is 1.64. The number of para-hydroxylation sites is 2. The van der Waals surface area contributed by atoms with Crippen LogP contribution in [0.25, 0.3) is 11.0 Å². The van der Waals surface area contributed by atoms with Crippen molar-refractivity contribution in [3.63, 3.8) is 0 Å². The van der Waals surface area contributed by atoms with Gasteiger partial charge in [0.1, 0.15) is 5.82 Å². The van der Waals surface area contributed by atoms with Crippen LogP contribution in [0.3, 0.4) is 0 Å². The van der Waals surface area contributed by atoms with E-state index in [1.54, 1.807) is 0 Å². The van der Waals surface area contributed by atoms with Crippen molar-refractivity contribution in [2.45, 2.75) is 38.3 Å². The SMILES string of the molecule is NCC1CCCCC1NCc1nc2ccccc2[nH]1. The molecule has 102 valence electrons. The molecule has 2 unspecified atom stereocenters. The molecule has 1 heterocycles. The third-order valence-corrected chi connectivity index (χ3v) is 4.18. The number of nitrogens with one attached hydrogen (secondary N) is 2. The van der Waals surface area contributed by atoms with Gasteiger partial charge in [-0.2, -0.15) is 0 Å². The van der Waals surface area contributed by atoms with Gasteiger partial charge in [0.15, 0.2) is 0 Å². The fourth-order valence-electron chi connectivity index (χ4n) is 3.08. The minimum absolute atomic E-state index is 0.548. The quantitative estimate of drug-likeness (QED) is 0.787. The van der Waals surface area contributed by atoms with E-state index in [0.717, 1.165) is 29.9 Å². The molecule has 1 fully saturated rings. The largest absolute Gasteiger partial charge is 0.341 e. The molecule has 0 radical (unpaired) electrons. The number of rotatable bonds is 4. The lowest BCUT2D eigenvalue weighted by atomic mass is 9.84. The number of nitrogens with two attached hydrogens (primary N) is 1. The third kappa shape index (κ3) is 2.80. The van der Waals surface area contributed by atoms with E-state index in [9.17, 15) is 0 Å². The maximum atomic E-state index is 5.86. The van der Waals surface area contributed by atoms with E-state index in [2.05, 4.69) is 21.4 Å². The Labute approximate surface area is 113 Å². The van der Waals surface area contributed by atoms with Gasteiger partial charge in [0.25, 0.3) is 0 Å². The van der Waals surface area contributed by atoms with E-state index >= 15 is 0 Å². The Hall–Kier alpha value is -1.39. The van der Waals surface area contributed by atoms with Gasteiger partial charge in [-0.15, -0.1) is 0 Å². The molecule has 0 amide bonds. The predicted molar refractivity (Wildman–Crippen MR) is 77.7 cm³/mol. The highest BCUT2D eigenvalue weighted by atomic mass is 15.0. The van der Waals surface area contributed by atoms with Crippen molar-refractivity contribution in [3.05, 3.63) is 30.1 Å². The van der Waals surface area contributed by atoms with Crippen molar-refractivity contribution in [1.82, 2.24) is 15.3 Å². The molecule has 2 atom stereocenters. The van der Waals surface area contributed by atoms with E-state index in [0.29, 0.717) is 12.0 Å². The zero-order chi connectivity index (χ0) is 13.1. The van der Waals surface area contributed by atoms with Gasteiger partial charge in [0.2, 0.25) is 0 Å². The van der Waals surface area contributed by atoms with Crippen LogP contribution in [-0.2, 0) is 6.54 Å². The van der Waals surface area contributed by atoms with Crippen LogP contribution in [-0.4, -0.2) is 22.6 Å². The van der Waals surface area contributed by atoms with Crippen LogP contribution in [0.5, 0.6) is 0 Å². The van der Waals surface area contributed by atoms with Crippen LogP contribution < -0.4 is 11.1 Å². The number of aromatic nitrogens is 2. The molecule has 1 aliphatic rings. The van der Waals surface area contributed by atoms with Crippen molar-refractivity contribution in [1.29, 1.82) is 0 Å². The van der Waals surface area contributed by atoms with E-state index in [4.69, 9.17) is 5.73 Å². The molecule has 4 N–H and O–H groups in total. The molecule has 2 aromatic rings. The standard InChI is InChI=1S/C15H22N4/c16-9-11-5-1-2-6-12(11)17-10-15-18-13-7-3-4-8-14(13)19-15/h3-4,7-8,11-12,17H,1-2,5-6,9-10,16H2,(H,18,19). The fourth-order valence-corrected chi connectivity index (χ4v) is 3.08. The summed E-state index contributed by atoms with van der Waals surface area (Å²) in [6.07, 6.45) is 5.13. The molecule has 19 heavy (non-hydrogen) atoms. The first-order chi connectivity index (χ1) is 9.36. The molecule has 0 spiro atoms. The monoisotopic (exact) mass is 258 g/mol. The molecule has 3 rings (SSSR count). The summed E-state index contributed by atoms with van der Waals surface area (Å²) in [5.41, 5.74) is 8.01. The van der Waals surface area contributed by atoms with E-state index < -0.39 is 0 Å². The summed E-state index contributed by atoms with van der Waals surface area (Å²) in [6, 6.07) is 8.70. The lowest BCUT2D eigenvalue weighted by Crippen LogP contribution is -2.41. The highest BCUT2D eigenvalue weighted by Crippen LogP contribution is 2.23. The summed E-state index contributed by atoms with van der Waals surface area (Å²) in [5.74, 6) is 1.64. The first-order valence-corrected chi connectivity index (χ1v) is 7.24. The smallest absolute Gasteiger partial charge is 0.121 e. The Morgan fingerprint density at radius 1 is 1.26 bits per heavy atom. The molecule has 1 aliphatic carbocycles. The molecule has 0 bridgehead atoms. The second-order valence-electron chi connectivity index (χ2n) is 5.47. The van der Waals surface area contributed by atoms with Crippen LogP contribution in [0.15, 0.2) is 24.3 Å². The van der Waals surface area contributed by atoms with Gasteiger partial charge in [0, 0.05) is 6.04 Å². The summed E-state index contributed by atoms with van der Waals surface area (Å²) >= 11 is 0. The Morgan fingerprint density at radius 3 is 2.95 bits per heavy atom. The molecule has 1 saturated carbocycles. The Kier molecular flexibility index (Phi) is 3.80. The molecular formula is C15H22N4.